The Morgan fingerprint density at radius 3 is 2.56 bits per heavy atom. The first-order chi connectivity index (χ1) is 15.4. The number of H-pyrrole nitrogens is 1. The Morgan fingerprint density at radius 1 is 1.06 bits per heavy atom. The number of pyridine rings is 1. The molecule has 0 atom stereocenters. The van der Waals surface area contributed by atoms with Gasteiger partial charge in [-0.15, -0.1) is 0 Å². The minimum Gasteiger partial charge on any atom is -0.435 e. The van der Waals surface area contributed by atoms with Crippen LogP contribution in [0.3, 0.4) is 0 Å². The third-order valence-electron chi connectivity index (χ3n) is 4.59. The smallest absolute Gasteiger partial charge is 0.273 e. The number of aromatic nitrogens is 3. The Kier molecular flexibility index (Phi) is 6.25. The zero-order valence-corrected chi connectivity index (χ0v) is 18.0. The summed E-state index contributed by atoms with van der Waals surface area (Å²) in [7, 11) is 0. The lowest BCUT2D eigenvalue weighted by Gasteiger charge is -2.13. The van der Waals surface area contributed by atoms with E-state index in [0.717, 1.165) is 4.68 Å². The lowest BCUT2D eigenvalue weighted by molar-refractivity contribution is -0.116. The molecule has 0 aliphatic carbocycles. The summed E-state index contributed by atoms with van der Waals surface area (Å²) < 4.78 is 6.85. The quantitative estimate of drug-likeness (QED) is 0.438. The molecule has 2 N–H and O–H groups in total. The zero-order valence-electron chi connectivity index (χ0n) is 16.5. The number of hydrogen-bond acceptors (Lipinski definition) is 5. The van der Waals surface area contributed by atoms with Crippen LogP contribution >= 0.6 is 23.2 Å². The molecule has 2 heterocycles. The van der Waals surface area contributed by atoms with Gasteiger partial charge in [-0.25, -0.2) is 9.67 Å². The molecule has 2 aromatic carbocycles. The molecule has 162 valence electrons. The van der Waals surface area contributed by atoms with E-state index < -0.39 is 5.56 Å². The SMILES string of the molecule is O=C(CCn1[nH]c(=O)c2ccccc2c1=O)Nc1ccccc1Oc1ncc(Cl)cc1Cl. The zero-order chi connectivity index (χ0) is 22.7. The number of ether oxygens (including phenoxy) is 1. The van der Waals surface area contributed by atoms with Gasteiger partial charge in [0, 0.05) is 12.6 Å². The fourth-order valence-electron chi connectivity index (χ4n) is 3.07. The molecule has 0 saturated heterocycles. The van der Waals surface area contributed by atoms with Gasteiger partial charge in [0.25, 0.3) is 11.1 Å². The van der Waals surface area contributed by atoms with Crippen molar-refractivity contribution in [1.82, 2.24) is 14.8 Å². The van der Waals surface area contributed by atoms with Crippen molar-refractivity contribution in [3.05, 3.63) is 91.5 Å². The van der Waals surface area contributed by atoms with Gasteiger partial charge < -0.3 is 10.1 Å². The lowest BCUT2D eigenvalue weighted by Crippen LogP contribution is -2.31. The topological polar surface area (TPSA) is 106 Å². The minimum atomic E-state index is -0.397. The van der Waals surface area contributed by atoms with E-state index in [1.165, 1.54) is 12.3 Å². The highest BCUT2D eigenvalue weighted by molar-refractivity contribution is 6.35. The second-order valence-electron chi connectivity index (χ2n) is 6.78. The van der Waals surface area contributed by atoms with Crippen molar-refractivity contribution < 1.29 is 9.53 Å². The van der Waals surface area contributed by atoms with Crippen molar-refractivity contribution in [1.29, 1.82) is 0 Å². The van der Waals surface area contributed by atoms with Crippen molar-refractivity contribution in [3.8, 4) is 11.6 Å². The molecule has 0 aliphatic rings. The highest BCUT2D eigenvalue weighted by Crippen LogP contribution is 2.33. The maximum Gasteiger partial charge on any atom is 0.273 e. The summed E-state index contributed by atoms with van der Waals surface area (Å²) in [5.74, 6) is 0.0871. The van der Waals surface area contributed by atoms with Gasteiger partial charge >= 0.3 is 0 Å². The summed E-state index contributed by atoms with van der Waals surface area (Å²) in [6, 6.07) is 14.8. The van der Waals surface area contributed by atoms with Gasteiger partial charge in [-0.1, -0.05) is 47.5 Å². The van der Waals surface area contributed by atoms with Crippen molar-refractivity contribution in [3.63, 3.8) is 0 Å². The van der Waals surface area contributed by atoms with Gasteiger partial charge in [-0.3, -0.25) is 19.5 Å². The molecular formula is C22H16Cl2N4O4. The van der Waals surface area contributed by atoms with Crippen molar-refractivity contribution in [2.75, 3.05) is 5.32 Å². The number of hydrogen-bond donors (Lipinski definition) is 2. The second kappa shape index (κ2) is 9.25. The Morgan fingerprint density at radius 2 is 1.78 bits per heavy atom. The molecule has 0 fully saturated rings. The van der Waals surface area contributed by atoms with E-state index in [0.29, 0.717) is 27.2 Å². The molecule has 32 heavy (non-hydrogen) atoms. The summed E-state index contributed by atoms with van der Waals surface area (Å²) >= 11 is 12.0. The Labute approximate surface area is 191 Å². The molecule has 1 amide bonds. The first kappa shape index (κ1) is 21.6. The van der Waals surface area contributed by atoms with Crippen LogP contribution in [0.4, 0.5) is 5.69 Å². The highest BCUT2D eigenvalue weighted by atomic mass is 35.5. The van der Waals surface area contributed by atoms with E-state index in [-0.39, 0.29) is 35.3 Å². The summed E-state index contributed by atoms with van der Waals surface area (Å²) in [6.07, 6.45) is 1.34. The number of para-hydroxylation sites is 2. The Bertz CT molecular complexity index is 1430. The van der Waals surface area contributed by atoms with Crippen LogP contribution in [0.5, 0.6) is 11.6 Å². The molecule has 0 bridgehead atoms. The van der Waals surface area contributed by atoms with Crippen molar-refractivity contribution in [2.45, 2.75) is 13.0 Å². The van der Waals surface area contributed by atoms with Gasteiger partial charge in [-0.2, -0.15) is 0 Å². The maximum atomic E-state index is 12.6. The molecule has 0 aliphatic heterocycles. The van der Waals surface area contributed by atoms with Crippen LogP contribution in [0.2, 0.25) is 10.0 Å². The molecule has 2 aromatic heterocycles. The highest BCUT2D eigenvalue weighted by Gasteiger charge is 2.13. The van der Waals surface area contributed by atoms with Crippen LogP contribution in [-0.2, 0) is 11.3 Å². The Hall–Kier alpha value is -3.62. The predicted molar refractivity (Wildman–Crippen MR) is 123 cm³/mol. The molecular weight excluding hydrogens is 455 g/mol. The molecule has 10 heteroatoms. The van der Waals surface area contributed by atoms with Crippen molar-refractivity contribution in [2.24, 2.45) is 0 Å². The van der Waals surface area contributed by atoms with E-state index in [2.05, 4.69) is 15.4 Å². The largest absolute Gasteiger partial charge is 0.435 e. The molecule has 0 saturated carbocycles. The summed E-state index contributed by atoms with van der Waals surface area (Å²) in [6.45, 7) is -0.00165. The van der Waals surface area contributed by atoms with E-state index in [4.69, 9.17) is 27.9 Å². The summed E-state index contributed by atoms with van der Waals surface area (Å²) in [5.41, 5.74) is -0.378. The number of nitrogens with one attached hydrogen (secondary N) is 2. The average Bonchev–Trinajstić information content (AvgIpc) is 2.78. The monoisotopic (exact) mass is 470 g/mol. The summed E-state index contributed by atoms with van der Waals surface area (Å²) in [4.78, 5) is 41.3. The van der Waals surface area contributed by atoms with E-state index in [1.54, 1.807) is 48.5 Å². The van der Waals surface area contributed by atoms with Crippen LogP contribution in [0.25, 0.3) is 10.8 Å². The second-order valence-corrected chi connectivity index (χ2v) is 7.62. The van der Waals surface area contributed by atoms with Crippen LogP contribution in [0.15, 0.2) is 70.4 Å². The lowest BCUT2D eigenvalue weighted by atomic mass is 10.2. The summed E-state index contributed by atoms with van der Waals surface area (Å²) in [5, 5.41) is 6.42. The fraction of sp³-hybridized carbons (Fsp3) is 0.0909. The first-order valence-electron chi connectivity index (χ1n) is 9.52. The number of halogens is 2. The van der Waals surface area contributed by atoms with Gasteiger partial charge in [0.1, 0.15) is 5.02 Å². The average molecular weight is 471 g/mol. The number of benzene rings is 2. The molecule has 8 nitrogen and oxygen atoms in total. The maximum absolute atomic E-state index is 12.6. The standard InChI is InChI=1S/C22H16Cl2N4O4/c23-13-11-16(24)21(25-12-13)32-18-8-4-3-7-17(18)26-19(29)9-10-28-22(31)15-6-2-1-5-14(15)20(30)27-28/h1-8,11-12H,9-10H2,(H,26,29)(H,27,30). The van der Waals surface area contributed by atoms with Gasteiger partial charge in [0.2, 0.25) is 11.8 Å². The van der Waals surface area contributed by atoms with Crippen LogP contribution in [-0.4, -0.2) is 20.7 Å². The first-order valence-corrected chi connectivity index (χ1v) is 10.3. The fourth-order valence-corrected chi connectivity index (χ4v) is 3.49. The third-order valence-corrected chi connectivity index (χ3v) is 5.07. The predicted octanol–water partition coefficient (Wildman–Crippen LogP) is 4.21. The number of fused-ring (bicyclic) bond motifs is 1. The van der Waals surface area contributed by atoms with E-state index in [1.807, 2.05) is 0 Å². The molecule has 0 spiro atoms. The molecule has 4 rings (SSSR count). The molecule has 4 aromatic rings. The van der Waals surface area contributed by atoms with Gasteiger partial charge in [-0.05, 0) is 30.3 Å². The Balaban J connectivity index is 1.49. The third kappa shape index (κ3) is 4.66. The normalized spacial score (nSPS) is 10.8. The number of rotatable bonds is 6. The number of carbonyl (C=O) groups excluding carboxylic acids is 1. The van der Waals surface area contributed by atoms with E-state index in [9.17, 15) is 14.4 Å². The minimum absolute atomic E-state index is 0.00165. The number of amides is 1. The van der Waals surface area contributed by atoms with Crippen LogP contribution in [0.1, 0.15) is 6.42 Å². The van der Waals surface area contributed by atoms with Crippen molar-refractivity contribution >= 4 is 45.6 Å². The van der Waals surface area contributed by atoms with Crippen LogP contribution in [0, 0.1) is 0 Å². The number of carbonyl (C=O) groups is 1. The molecule has 0 unspecified atom stereocenters. The van der Waals surface area contributed by atoms with Gasteiger partial charge in [0.15, 0.2) is 5.75 Å². The number of anilines is 1. The number of aromatic amines is 1. The molecule has 0 radical (unpaired) electrons. The number of aryl methyl sites for hydroxylation is 1. The van der Waals surface area contributed by atoms with Crippen LogP contribution < -0.4 is 21.2 Å². The number of nitrogens with zero attached hydrogens (tertiary/aromatic N) is 2. The van der Waals surface area contributed by atoms with Gasteiger partial charge in [0.05, 0.1) is 28.0 Å². The van der Waals surface area contributed by atoms with E-state index >= 15 is 0 Å².